The van der Waals surface area contributed by atoms with E-state index >= 15 is 0 Å². The zero-order valence-corrected chi connectivity index (χ0v) is 12.4. The van der Waals surface area contributed by atoms with Crippen molar-refractivity contribution in [2.75, 3.05) is 11.9 Å². The van der Waals surface area contributed by atoms with Gasteiger partial charge in [0.2, 0.25) is 0 Å². The highest BCUT2D eigenvalue weighted by atomic mass is 32.2. The van der Waals surface area contributed by atoms with Crippen LogP contribution < -0.4 is 10.6 Å². The summed E-state index contributed by atoms with van der Waals surface area (Å²) in [5.74, 6) is 0.729. The Morgan fingerprint density at radius 1 is 1.63 bits per heavy atom. The fourth-order valence-electron chi connectivity index (χ4n) is 1.74. The number of thioether (sulfide) groups is 1. The molecule has 1 aliphatic rings. The average Bonchev–Trinajstić information content (AvgIpc) is 3.07. The van der Waals surface area contributed by atoms with Crippen LogP contribution in [-0.2, 0) is 12.8 Å². The number of thiazole rings is 1. The van der Waals surface area contributed by atoms with Crippen molar-refractivity contribution < 1.29 is 0 Å². The normalized spacial score (nSPS) is 14.8. The number of anilines is 1. The van der Waals surface area contributed by atoms with Gasteiger partial charge in [-0.1, -0.05) is 11.8 Å². The van der Waals surface area contributed by atoms with Crippen LogP contribution in [0.25, 0.3) is 0 Å². The van der Waals surface area contributed by atoms with Crippen LogP contribution in [0.1, 0.15) is 18.5 Å². The molecule has 0 spiro atoms. The molecule has 3 rings (SSSR count). The van der Waals surface area contributed by atoms with Crippen LogP contribution in [0.15, 0.2) is 15.3 Å². The summed E-state index contributed by atoms with van der Waals surface area (Å²) in [6.45, 7) is 0. The first-order valence-corrected chi connectivity index (χ1v) is 7.93. The molecule has 102 valence electrons. The number of aromatic nitrogens is 4. The predicted octanol–water partition coefficient (Wildman–Crippen LogP) is 1.46. The van der Waals surface area contributed by atoms with Gasteiger partial charge in [-0.25, -0.2) is 14.9 Å². The molecule has 0 bridgehead atoms. The third-order valence-corrected chi connectivity index (χ3v) is 5.17. The van der Waals surface area contributed by atoms with Crippen molar-refractivity contribution in [2.45, 2.75) is 29.8 Å². The molecule has 2 aromatic rings. The van der Waals surface area contributed by atoms with E-state index < -0.39 is 0 Å². The predicted molar refractivity (Wildman–Crippen MR) is 76.9 cm³/mol. The smallest absolute Gasteiger partial charge is 0.343 e. The molecule has 1 N–H and O–H groups in total. The van der Waals surface area contributed by atoms with Gasteiger partial charge in [0.05, 0.1) is 5.69 Å². The third kappa shape index (κ3) is 2.69. The summed E-state index contributed by atoms with van der Waals surface area (Å²) < 4.78 is 1.51. The number of nitrogens with one attached hydrogen (secondary N) is 1. The van der Waals surface area contributed by atoms with Gasteiger partial charge in [-0.15, -0.1) is 16.4 Å². The van der Waals surface area contributed by atoms with E-state index in [4.69, 9.17) is 0 Å². The van der Waals surface area contributed by atoms with Crippen molar-refractivity contribution >= 4 is 28.2 Å². The Bertz CT molecular complexity index is 627. The van der Waals surface area contributed by atoms with Crippen LogP contribution in [0.4, 0.5) is 5.13 Å². The van der Waals surface area contributed by atoms with Crippen LogP contribution in [0, 0.1) is 0 Å². The summed E-state index contributed by atoms with van der Waals surface area (Å²) in [6, 6.07) is 0.679. The highest BCUT2D eigenvalue weighted by Crippen LogP contribution is 2.32. The first-order valence-electron chi connectivity index (χ1n) is 6.06. The summed E-state index contributed by atoms with van der Waals surface area (Å²) in [5, 5.41) is 10.2. The molecule has 0 radical (unpaired) electrons. The molecule has 2 heterocycles. The van der Waals surface area contributed by atoms with E-state index in [2.05, 4.69) is 32.5 Å². The average molecular weight is 297 g/mol. The molecule has 0 atom stereocenters. The molecule has 6 nitrogen and oxygen atoms in total. The van der Waals surface area contributed by atoms with Crippen molar-refractivity contribution in [3.05, 3.63) is 21.6 Å². The minimum absolute atomic E-state index is 0.185. The second kappa shape index (κ2) is 5.01. The molecular formula is C11H15N5OS2. The topological polar surface area (TPSA) is 66.8 Å². The standard InChI is InChI=1S/C11H15N5OS2/c1-15(8-3-4-8)10-12-7(5-18-10)6-19-11-14-13-9(17)16(11)2/h5,8H,3-4,6H2,1-2H3,(H,13,17). The molecular weight excluding hydrogens is 282 g/mol. The minimum atomic E-state index is -0.185. The van der Waals surface area contributed by atoms with Crippen LogP contribution in [0.5, 0.6) is 0 Å². The molecule has 0 aromatic carbocycles. The van der Waals surface area contributed by atoms with Crippen molar-refractivity contribution in [1.82, 2.24) is 19.7 Å². The van der Waals surface area contributed by atoms with Crippen LogP contribution in [-0.4, -0.2) is 32.8 Å². The summed E-state index contributed by atoms with van der Waals surface area (Å²) in [6.07, 6.45) is 2.55. The lowest BCUT2D eigenvalue weighted by Gasteiger charge is -2.13. The lowest BCUT2D eigenvalue weighted by molar-refractivity contribution is 0.765. The maximum absolute atomic E-state index is 11.2. The van der Waals surface area contributed by atoms with Gasteiger partial charge in [0.15, 0.2) is 10.3 Å². The van der Waals surface area contributed by atoms with Gasteiger partial charge in [-0.05, 0) is 12.8 Å². The van der Waals surface area contributed by atoms with Crippen LogP contribution in [0.3, 0.4) is 0 Å². The first-order chi connectivity index (χ1) is 9.15. The summed E-state index contributed by atoms with van der Waals surface area (Å²) in [5.41, 5.74) is 0.850. The first kappa shape index (κ1) is 12.7. The van der Waals surface area contributed by atoms with E-state index in [0.29, 0.717) is 11.2 Å². The highest BCUT2D eigenvalue weighted by molar-refractivity contribution is 7.98. The second-order valence-corrected chi connectivity index (χ2v) is 6.40. The lowest BCUT2D eigenvalue weighted by Crippen LogP contribution is -2.18. The van der Waals surface area contributed by atoms with E-state index in [0.717, 1.165) is 16.6 Å². The number of hydrogen-bond donors (Lipinski definition) is 1. The molecule has 0 saturated heterocycles. The molecule has 0 unspecified atom stereocenters. The Kier molecular flexibility index (Phi) is 3.36. The third-order valence-electron chi connectivity index (χ3n) is 3.12. The monoisotopic (exact) mass is 297 g/mol. The zero-order chi connectivity index (χ0) is 13.4. The molecule has 0 amide bonds. The number of hydrogen-bond acceptors (Lipinski definition) is 6. The van der Waals surface area contributed by atoms with Gasteiger partial charge < -0.3 is 4.90 Å². The van der Waals surface area contributed by atoms with Gasteiger partial charge in [-0.2, -0.15) is 0 Å². The van der Waals surface area contributed by atoms with E-state index in [1.807, 2.05) is 0 Å². The van der Waals surface area contributed by atoms with Crippen molar-refractivity contribution in [2.24, 2.45) is 7.05 Å². The summed E-state index contributed by atoms with van der Waals surface area (Å²) in [4.78, 5) is 18.1. The number of nitrogens with zero attached hydrogens (tertiary/aromatic N) is 4. The van der Waals surface area contributed by atoms with Crippen LogP contribution >= 0.6 is 23.1 Å². The van der Waals surface area contributed by atoms with Gasteiger partial charge >= 0.3 is 5.69 Å². The Balaban J connectivity index is 1.64. The number of H-pyrrole nitrogens is 1. The Hall–Kier alpha value is -1.28. The Labute approximate surface area is 118 Å². The van der Waals surface area contributed by atoms with E-state index in [1.54, 1.807) is 18.4 Å². The molecule has 1 aliphatic carbocycles. The number of rotatable bonds is 5. The number of aromatic amines is 1. The zero-order valence-electron chi connectivity index (χ0n) is 10.8. The van der Waals surface area contributed by atoms with Crippen molar-refractivity contribution in [3.63, 3.8) is 0 Å². The van der Waals surface area contributed by atoms with E-state index in [-0.39, 0.29) is 5.69 Å². The lowest BCUT2D eigenvalue weighted by atomic mass is 10.6. The van der Waals surface area contributed by atoms with Gasteiger partial charge in [0, 0.05) is 31.3 Å². The molecule has 0 aliphatic heterocycles. The fourth-order valence-corrected chi connectivity index (χ4v) is 3.52. The maximum Gasteiger partial charge on any atom is 0.343 e. The van der Waals surface area contributed by atoms with Gasteiger partial charge in [0.25, 0.3) is 0 Å². The van der Waals surface area contributed by atoms with Crippen LogP contribution in [0.2, 0.25) is 0 Å². The molecule has 19 heavy (non-hydrogen) atoms. The van der Waals surface area contributed by atoms with E-state index in [1.165, 1.54) is 29.2 Å². The minimum Gasteiger partial charge on any atom is -0.348 e. The highest BCUT2D eigenvalue weighted by Gasteiger charge is 2.27. The summed E-state index contributed by atoms with van der Waals surface area (Å²) >= 11 is 3.19. The molecule has 1 fully saturated rings. The van der Waals surface area contributed by atoms with Crippen molar-refractivity contribution in [1.29, 1.82) is 0 Å². The molecule has 2 aromatic heterocycles. The SMILES string of the molecule is CN(c1nc(CSc2n[nH]c(=O)n2C)cs1)C1CC1. The Morgan fingerprint density at radius 2 is 2.42 bits per heavy atom. The van der Waals surface area contributed by atoms with Gasteiger partial charge in [-0.3, -0.25) is 4.57 Å². The van der Waals surface area contributed by atoms with Gasteiger partial charge in [0.1, 0.15) is 0 Å². The fraction of sp³-hybridized carbons (Fsp3) is 0.545. The van der Waals surface area contributed by atoms with E-state index in [9.17, 15) is 4.79 Å². The second-order valence-electron chi connectivity index (χ2n) is 4.62. The Morgan fingerprint density at radius 3 is 3.05 bits per heavy atom. The maximum atomic E-state index is 11.2. The molecule has 8 heteroatoms. The molecule has 1 saturated carbocycles. The largest absolute Gasteiger partial charge is 0.348 e. The summed E-state index contributed by atoms with van der Waals surface area (Å²) in [7, 11) is 3.81. The van der Waals surface area contributed by atoms with Crippen molar-refractivity contribution in [3.8, 4) is 0 Å². The quantitative estimate of drug-likeness (QED) is 0.846.